The quantitative estimate of drug-likeness (QED) is 0.496. The fourth-order valence-electron chi connectivity index (χ4n) is 2.63. The SMILES string of the molecule is CCc1cc(Nc2cccc(C(F)(F)F)c2)c(S(C)(=O)=O)cc1C(=O)N=C(N)N. The average Bonchev–Trinajstić information content (AvgIpc) is 2.59. The maximum atomic E-state index is 12.9. The lowest BCUT2D eigenvalue weighted by Crippen LogP contribution is -2.24. The van der Waals surface area contributed by atoms with Crippen LogP contribution in [0, 0.1) is 0 Å². The van der Waals surface area contributed by atoms with Crippen molar-refractivity contribution < 1.29 is 26.4 Å². The van der Waals surface area contributed by atoms with Crippen LogP contribution in [0.3, 0.4) is 0 Å². The molecule has 5 N–H and O–H groups in total. The molecule has 7 nitrogen and oxygen atoms in total. The van der Waals surface area contributed by atoms with E-state index in [1.165, 1.54) is 18.2 Å². The first-order chi connectivity index (χ1) is 13.3. The predicted molar refractivity (Wildman–Crippen MR) is 104 cm³/mol. The number of guanidine groups is 1. The van der Waals surface area contributed by atoms with Crippen molar-refractivity contribution in [1.82, 2.24) is 0 Å². The van der Waals surface area contributed by atoms with Gasteiger partial charge in [0, 0.05) is 17.5 Å². The fraction of sp³-hybridized carbons (Fsp3) is 0.222. The number of rotatable bonds is 5. The lowest BCUT2D eigenvalue weighted by atomic mass is 10.0. The second-order valence-electron chi connectivity index (χ2n) is 6.18. The highest BCUT2D eigenvalue weighted by Gasteiger charge is 2.30. The van der Waals surface area contributed by atoms with Crippen LogP contribution in [-0.4, -0.2) is 26.5 Å². The largest absolute Gasteiger partial charge is 0.416 e. The Balaban J connectivity index is 2.63. The summed E-state index contributed by atoms with van der Waals surface area (Å²) in [5, 5.41) is 2.70. The molecule has 0 saturated carbocycles. The number of hydrogen-bond acceptors (Lipinski definition) is 4. The summed E-state index contributed by atoms with van der Waals surface area (Å²) in [4.78, 5) is 15.4. The zero-order valence-electron chi connectivity index (χ0n) is 15.5. The smallest absolute Gasteiger partial charge is 0.370 e. The molecule has 0 aliphatic rings. The molecule has 0 aromatic heterocycles. The average molecular weight is 428 g/mol. The number of aliphatic imine (C=N–C) groups is 1. The molecule has 156 valence electrons. The number of nitrogens with zero attached hydrogens (tertiary/aromatic N) is 1. The predicted octanol–water partition coefficient (Wildman–Crippen LogP) is 2.83. The van der Waals surface area contributed by atoms with Gasteiger partial charge in [0.2, 0.25) is 0 Å². The second kappa shape index (κ2) is 8.11. The third-order valence-corrected chi connectivity index (χ3v) is 5.05. The zero-order valence-corrected chi connectivity index (χ0v) is 16.4. The van der Waals surface area contributed by atoms with Crippen molar-refractivity contribution in [3.05, 3.63) is 53.1 Å². The van der Waals surface area contributed by atoms with Crippen molar-refractivity contribution in [1.29, 1.82) is 0 Å². The molecule has 2 aromatic carbocycles. The van der Waals surface area contributed by atoms with Crippen LogP contribution in [-0.2, 0) is 22.4 Å². The molecular weight excluding hydrogens is 409 g/mol. The summed E-state index contributed by atoms with van der Waals surface area (Å²) in [6, 6.07) is 6.81. The highest BCUT2D eigenvalue weighted by molar-refractivity contribution is 7.90. The molecule has 11 heteroatoms. The van der Waals surface area contributed by atoms with E-state index in [0.29, 0.717) is 12.0 Å². The zero-order chi connectivity index (χ0) is 22.0. The van der Waals surface area contributed by atoms with Crippen LogP contribution in [0.2, 0.25) is 0 Å². The number of amides is 1. The summed E-state index contributed by atoms with van der Waals surface area (Å²) in [7, 11) is -3.85. The minimum absolute atomic E-state index is 0.0177. The van der Waals surface area contributed by atoms with E-state index in [-0.39, 0.29) is 21.8 Å². The minimum atomic E-state index is -4.55. The lowest BCUT2D eigenvalue weighted by molar-refractivity contribution is -0.137. The topological polar surface area (TPSA) is 128 Å². The van der Waals surface area contributed by atoms with Gasteiger partial charge in [-0.2, -0.15) is 18.2 Å². The Bertz CT molecular complexity index is 1080. The Labute approximate surface area is 165 Å². The highest BCUT2D eigenvalue weighted by atomic mass is 32.2. The number of carbonyl (C=O) groups is 1. The number of aryl methyl sites for hydroxylation is 1. The monoisotopic (exact) mass is 428 g/mol. The van der Waals surface area contributed by atoms with Crippen LogP contribution in [0.25, 0.3) is 0 Å². The van der Waals surface area contributed by atoms with Crippen molar-refractivity contribution in [3.8, 4) is 0 Å². The molecule has 0 saturated heterocycles. The summed E-state index contributed by atoms with van der Waals surface area (Å²) in [5.74, 6) is -1.30. The van der Waals surface area contributed by atoms with Crippen molar-refractivity contribution in [3.63, 3.8) is 0 Å². The van der Waals surface area contributed by atoms with Crippen LogP contribution in [0.15, 0.2) is 46.3 Å². The van der Waals surface area contributed by atoms with E-state index in [1.807, 2.05) is 0 Å². The summed E-state index contributed by atoms with van der Waals surface area (Å²) >= 11 is 0. The van der Waals surface area contributed by atoms with E-state index in [1.54, 1.807) is 6.92 Å². The van der Waals surface area contributed by atoms with Crippen molar-refractivity contribution in [2.75, 3.05) is 11.6 Å². The van der Waals surface area contributed by atoms with E-state index in [4.69, 9.17) is 11.5 Å². The molecule has 1 amide bonds. The van der Waals surface area contributed by atoms with Crippen molar-refractivity contribution in [2.45, 2.75) is 24.4 Å². The van der Waals surface area contributed by atoms with Gasteiger partial charge >= 0.3 is 6.18 Å². The molecule has 2 rings (SSSR count). The molecule has 2 aromatic rings. The first-order valence-corrected chi connectivity index (χ1v) is 10.2. The van der Waals surface area contributed by atoms with E-state index in [2.05, 4.69) is 10.3 Å². The van der Waals surface area contributed by atoms with Crippen molar-refractivity contribution >= 4 is 33.1 Å². The molecule has 0 spiro atoms. The molecule has 0 atom stereocenters. The number of carbonyl (C=O) groups excluding carboxylic acids is 1. The van der Waals surface area contributed by atoms with Gasteiger partial charge in [0.25, 0.3) is 5.91 Å². The Kier molecular flexibility index (Phi) is 6.21. The minimum Gasteiger partial charge on any atom is -0.370 e. The summed E-state index contributed by atoms with van der Waals surface area (Å²) < 4.78 is 63.3. The van der Waals surface area contributed by atoms with Gasteiger partial charge in [0.15, 0.2) is 15.8 Å². The van der Waals surface area contributed by atoms with E-state index < -0.39 is 33.4 Å². The van der Waals surface area contributed by atoms with E-state index >= 15 is 0 Å². The van der Waals surface area contributed by atoms with Crippen LogP contribution in [0.1, 0.15) is 28.4 Å². The first kappa shape index (κ1) is 22.2. The Hall–Kier alpha value is -3.08. The lowest BCUT2D eigenvalue weighted by Gasteiger charge is -2.16. The maximum absolute atomic E-state index is 12.9. The first-order valence-electron chi connectivity index (χ1n) is 8.28. The Morgan fingerprint density at radius 3 is 2.34 bits per heavy atom. The van der Waals surface area contributed by atoms with Gasteiger partial charge in [-0.25, -0.2) is 8.42 Å². The van der Waals surface area contributed by atoms with Gasteiger partial charge in [-0.15, -0.1) is 0 Å². The standard InChI is InChI=1S/C18H19F3N4O3S/c1-3-10-7-14(24-12-6-4-5-11(8-12)18(19,20)21)15(29(2,27)28)9-13(10)16(26)25-17(22)23/h4-9,24H,3H2,1-2H3,(H4,22,23,25,26). The van der Waals surface area contributed by atoms with Gasteiger partial charge in [-0.1, -0.05) is 13.0 Å². The molecular formula is C18H19F3N4O3S. The van der Waals surface area contributed by atoms with Gasteiger partial charge < -0.3 is 16.8 Å². The van der Waals surface area contributed by atoms with Gasteiger partial charge in [0.05, 0.1) is 16.1 Å². The second-order valence-corrected chi connectivity index (χ2v) is 8.16. The van der Waals surface area contributed by atoms with Crippen LogP contribution in [0.4, 0.5) is 24.5 Å². The molecule has 0 radical (unpaired) electrons. The van der Waals surface area contributed by atoms with Gasteiger partial charge in [-0.05, 0) is 42.3 Å². The maximum Gasteiger partial charge on any atom is 0.416 e. The molecule has 0 bridgehead atoms. The Morgan fingerprint density at radius 2 is 1.83 bits per heavy atom. The summed E-state index contributed by atoms with van der Waals surface area (Å²) in [6.07, 6.45) is -3.31. The van der Waals surface area contributed by atoms with E-state index in [0.717, 1.165) is 24.5 Å². The highest BCUT2D eigenvalue weighted by Crippen LogP contribution is 2.33. The molecule has 0 unspecified atom stereocenters. The molecule has 0 fully saturated rings. The third-order valence-electron chi connectivity index (χ3n) is 3.92. The van der Waals surface area contributed by atoms with Crippen molar-refractivity contribution in [2.24, 2.45) is 16.5 Å². The molecule has 0 heterocycles. The summed E-state index contributed by atoms with van der Waals surface area (Å²) in [5.41, 5.74) is 10.0. The molecule has 0 aliphatic heterocycles. The fourth-order valence-corrected chi connectivity index (χ4v) is 3.47. The molecule has 29 heavy (non-hydrogen) atoms. The summed E-state index contributed by atoms with van der Waals surface area (Å²) in [6.45, 7) is 1.72. The number of alkyl halides is 3. The normalized spacial score (nSPS) is 11.8. The number of sulfone groups is 1. The number of nitrogens with one attached hydrogen (secondary N) is 1. The number of benzene rings is 2. The van der Waals surface area contributed by atoms with E-state index in [9.17, 15) is 26.4 Å². The van der Waals surface area contributed by atoms with Crippen LogP contribution in [0.5, 0.6) is 0 Å². The number of hydrogen-bond donors (Lipinski definition) is 3. The number of nitrogens with two attached hydrogens (primary N) is 2. The van der Waals surface area contributed by atoms with Crippen LogP contribution >= 0.6 is 0 Å². The van der Waals surface area contributed by atoms with Gasteiger partial charge in [0.1, 0.15) is 0 Å². The molecule has 0 aliphatic carbocycles. The number of halogens is 3. The third kappa shape index (κ3) is 5.47. The van der Waals surface area contributed by atoms with Crippen LogP contribution < -0.4 is 16.8 Å². The van der Waals surface area contributed by atoms with Gasteiger partial charge in [-0.3, -0.25) is 4.79 Å². The number of anilines is 2. The Morgan fingerprint density at radius 1 is 1.17 bits per heavy atom.